The molecule has 4 aromatic rings. The van der Waals surface area contributed by atoms with Crippen molar-refractivity contribution in [1.82, 2.24) is 15.0 Å². The lowest BCUT2D eigenvalue weighted by Gasteiger charge is -2.13. The van der Waals surface area contributed by atoms with E-state index in [1.165, 1.54) is 23.5 Å². The third-order valence-corrected chi connectivity index (χ3v) is 8.62. The number of benzene rings is 1. The maximum absolute atomic E-state index is 13.2. The highest BCUT2D eigenvalue weighted by Crippen LogP contribution is 2.59. The fraction of sp³-hybridized carbons (Fsp3) is 0. The Labute approximate surface area is 203 Å². The number of carbonyl (C=O) groups is 2. The van der Waals surface area contributed by atoms with Crippen LogP contribution in [0.15, 0.2) is 93.2 Å². The molecule has 0 spiro atoms. The first-order chi connectivity index (χ1) is 16.7. The summed E-state index contributed by atoms with van der Waals surface area (Å²) in [6.07, 6.45) is 3.51. The molecular weight excluding hydrogens is 462 g/mol. The zero-order valence-corrected chi connectivity index (χ0v) is 19.1. The van der Waals surface area contributed by atoms with Gasteiger partial charge in [0.2, 0.25) is 11.6 Å². The second kappa shape index (κ2) is 7.35. The van der Waals surface area contributed by atoms with Crippen LogP contribution in [0.3, 0.4) is 0 Å². The van der Waals surface area contributed by atoms with Gasteiger partial charge < -0.3 is 0 Å². The van der Waals surface area contributed by atoms with Gasteiger partial charge in [-0.2, -0.15) is 0 Å². The minimum atomic E-state index is -0.0912. The molecule has 0 bridgehead atoms. The van der Waals surface area contributed by atoms with Gasteiger partial charge in [0.25, 0.3) is 0 Å². The SMILES string of the molecule is O=C1C2=C(SC(=C3c4cccnc4-c4nc(-c5ccccn5)ccc43)S2)C(=O)c2ccccc21. The Morgan fingerprint density at radius 2 is 1.21 bits per heavy atom. The van der Waals surface area contributed by atoms with Crippen LogP contribution in [-0.2, 0) is 0 Å². The molecular formula is C27H13N3O2S2. The van der Waals surface area contributed by atoms with Crippen molar-refractivity contribution in [2.75, 3.05) is 0 Å². The number of thioether (sulfide) groups is 2. The minimum Gasteiger partial charge on any atom is -0.288 e. The van der Waals surface area contributed by atoms with Crippen molar-refractivity contribution in [2.45, 2.75) is 0 Å². The van der Waals surface area contributed by atoms with Gasteiger partial charge >= 0.3 is 0 Å². The van der Waals surface area contributed by atoms with Crippen LogP contribution in [0.2, 0.25) is 0 Å². The summed E-state index contributed by atoms with van der Waals surface area (Å²) in [6, 6.07) is 20.7. The summed E-state index contributed by atoms with van der Waals surface area (Å²) < 4.78 is 0.903. The third kappa shape index (κ3) is 2.74. The number of ketones is 2. The first-order valence-corrected chi connectivity index (χ1v) is 12.3. The average molecular weight is 476 g/mol. The summed E-state index contributed by atoms with van der Waals surface area (Å²) in [6.45, 7) is 0. The minimum absolute atomic E-state index is 0.0912. The lowest BCUT2D eigenvalue weighted by molar-refractivity contribution is 0.0988. The molecule has 4 heterocycles. The monoisotopic (exact) mass is 475 g/mol. The van der Waals surface area contributed by atoms with Crippen molar-refractivity contribution in [3.63, 3.8) is 0 Å². The van der Waals surface area contributed by atoms with Gasteiger partial charge in [-0.1, -0.05) is 59.9 Å². The Morgan fingerprint density at radius 3 is 1.91 bits per heavy atom. The number of hydrogen-bond acceptors (Lipinski definition) is 7. The lowest BCUT2D eigenvalue weighted by Crippen LogP contribution is -2.17. The summed E-state index contributed by atoms with van der Waals surface area (Å²) >= 11 is 2.76. The Kier molecular flexibility index (Phi) is 4.24. The zero-order valence-electron chi connectivity index (χ0n) is 17.5. The summed E-state index contributed by atoms with van der Waals surface area (Å²) in [4.78, 5) is 41.4. The van der Waals surface area contributed by atoms with Crippen molar-refractivity contribution in [3.05, 3.63) is 115 Å². The van der Waals surface area contributed by atoms with Crippen molar-refractivity contribution in [3.8, 4) is 22.8 Å². The number of pyridine rings is 3. The summed E-state index contributed by atoms with van der Waals surface area (Å²) in [7, 11) is 0. The van der Waals surface area contributed by atoms with Gasteiger partial charge in [-0.25, -0.2) is 4.98 Å². The molecule has 0 amide bonds. The maximum atomic E-state index is 13.2. The largest absolute Gasteiger partial charge is 0.288 e. The average Bonchev–Trinajstić information content (AvgIpc) is 3.47. The predicted octanol–water partition coefficient (Wildman–Crippen LogP) is 6.01. The van der Waals surface area contributed by atoms with Crippen LogP contribution in [0.1, 0.15) is 31.8 Å². The van der Waals surface area contributed by atoms with Gasteiger partial charge in [0.15, 0.2) is 0 Å². The first-order valence-electron chi connectivity index (χ1n) is 10.6. The summed E-state index contributed by atoms with van der Waals surface area (Å²) in [5, 5.41) is 0. The second-order valence-electron chi connectivity index (χ2n) is 7.94. The number of carbonyl (C=O) groups excluding carboxylic acids is 2. The van der Waals surface area contributed by atoms with Crippen LogP contribution < -0.4 is 0 Å². The molecule has 0 radical (unpaired) electrons. The molecule has 0 saturated carbocycles. The smallest absolute Gasteiger partial charge is 0.201 e. The Bertz CT molecular complexity index is 1590. The summed E-state index contributed by atoms with van der Waals surface area (Å²) in [5.74, 6) is -0.182. The van der Waals surface area contributed by atoms with E-state index in [2.05, 4.69) is 9.97 Å². The normalized spacial score (nSPS) is 15.9. The Balaban J connectivity index is 1.38. The highest BCUT2D eigenvalue weighted by atomic mass is 32.2. The van der Waals surface area contributed by atoms with Crippen molar-refractivity contribution in [2.24, 2.45) is 0 Å². The molecule has 7 heteroatoms. The van der Waals surface area contributed by atoms with Crippen molar-refractivity contribution >= 4 is 40.7 Å². The molecule has 0 atom stereocenters. The van der Waals surface area contributed by atoms with Gasteiger partial charge in [0.1, 0.15) is 0 Å². The number of fused-ring (bicyclic) bond motifs is 4. The second-order valence-corrected chi connectivity index (χ2v) is 10.2. The van der Waals surface area contributed by atoms with E-state index >= 15 is 0 Å². The molecule has 5 nitrogen and oxygen atoms in total. The van der Waals surface area contributed by atoms with Gasteiger partial charge in [-0.15, -0.1) is 0 Å². The number of rotatable bonds is 1. The van der Waals surface area contributed by atoms with Crippen LogP contribution in [0.5, 0.6) is 0 Å². The zero-order chi connectivity index (χ0) is 22.8. The molecule has 34 heavy (non-hydrogen) atoms. The topological polar surface area (TPSA) is 72.8 Å². The maximum Gasteiger partial charge on any atom is 0.201 e. The predicted molar refractivity (Wildman–Crippen MR) is 134 cm³/mol. The van der Waals surface area contributed by atoms with E-state index in [1.807, 2.05) is 42.5 Å². The molecule has 1 aromatic carbocycles. The van der Waals surface area contributed by atoms with Gasteiger partial charge in [-0.3, -0.25) is 19.6 Å². The molecule has 0 fully saturated rings. The van der Waals surface area contributed by atoms with E-state index in [4.69, 9.17) is 4.98 Å². The molecule has 1 aliphatic heterocycles. The number of nitrogens with zero attached hydrogens (tertiary/aromatic N) is 3. The van der Waals surface area contributed by atoms with E-state index < -0.39 is 0 Å². The van der Waals surface area contributed by atoms with Crippen LogP contribution in [0, 0.1) is 0 Å². The lowest BCUT2D eigenvalue weighted by atomic mass is 9.94. The number of allylic oxidation sites excluding steroid dienone is 2. The van der Waals surface area contributed by atoms with Crippen LogP contribution >= 0.6 is 23.5 Å². The van der Waals surface area contributed by atoms with Crippen LogP contribution in [0.4, 0.5) is 0 Å². The van der Waals surface area contributed by atoms with Gasteiger partial charge in [0, 0.05) is 40.2 Å². The standard InChI is InChI=1S/C27H13N3O2S2/c31-23-14-6-1-2-7-15(14)24(32)26-25(23)33-27(34-26)20-16-8-5-13-29-21(16)22-17(20)10-11-19(30-22)18-9-3-4-12-28-18/h1-13H. The number of hydrogen-bond donors (Lipinski definition) is 0. The number of aromatic nitrogens is 3. The molecule has 0 saturated heterocycles. The fourth-order valence-electron chi connectivity index (χ4n) is 4.48. The molecule has 0 N–H and O–H groups in total. The van der Waals surface area contributed by atoms with E-state index in [0.717, 1.165) is 43.7 Å². The molecule has 2 aliphatic carbocycles. The Hall–Kier alpha value is -3.81. The van der Waals surface area contributed by atoms with E-state index in [9.17, 15) is 9.59 Å². The van der Waals surface area contributed by atoms with Crippen molar-refractivity contribution < 1.29 is 9.59 Å². The van der Waals surface area contributed by atoms with E-state index in [-0.39, 0.29) is 11.6 Å². The van der Waals surface area contributed by atoms with Crippen LogP contribution in [-0.4, -0.2) is 26.5 Å². The summed E-state index contributed by atoms with van der Waals surface area (Å²) in [5.41, 5.74) is 6.95. The number of Topliss-reactive ketones (excluding diaryl/α,β-unsaturated/α-hetero) is 2. The van der Waals surface area contributed by atoms with E-state index in [0.29, 0.717) is 20.9 Å². The molecule has 3 aliphatic rings. The van der Waals surface area contributed by atoms with Gasteiger partial charge in [0.05, 0.1) is 36.8 Å². The first kappa shape index (κ1) is 19.6. The van der Waals surface area contributed by atoms with E-state index in [1.54, 1.807) is 36.7 Å². The molecule has 3 aromatic heterocycles. The molecule has 160 valence electrons. The van der Waals surface area contributed by atoms with Crippen molar-refractivity contribution in [1.29, 1.82) is 0 Å². The van der Waals surface area contributed by atoms with Gasteiger partial charge in [-0.05, 0) is 30.3 Å². The highest BCUT2D eigenvalue weighted by molar-refractivity contribution is 8.29. The third-order valence-electron chi connectivity index (χ3n) is 6.02. The quantitative estimate of drug-likeness (QED) is 0.294. The fourth-order valence-corrected chi connectivity index (χ4v) is 7.19. The highest BCUT2D eigenvalue weighted by Gasteiger charge is 2.40. The Morgan fingerprint density at radius 1 is 0.559 bits per heavy atom. The molecule has 0 unspecified atom stereocenters. The molecule has 7 rings (SSSR count). The van der Waals surface area contributed by atoms with Crippen LogP contribution in [0.25, 0.3) is 28.3 Å².